The molecule has 2 saturated heterocycles. The van der Waals surface area contributed by atoms with E-state index < -0.39 is 7.82 Å². The zero-order valence-corrected chi connectivity index (χ0v) is 11.0. The third kappa shape index (κ3) is 5.04. The van der Waals surface area contributed by atoms with E-state index in [-0.39, 0.29) is 24.9 Å². The predicted octanol–water partition coefficient (Wildman–Crippen LogP) is 1.33. The molecule has 7 heteroatoms. The molecule has 0 amide bonds. The highest BCUT2D eigenvalue weighted by molar-refractivity contribution is 7.47. The molecule has 0 aromatic carbocycles. The highest BCUT2D eigenvalue weighted by atomic mass is 31.2. The molecule has 0 radical (unpaired) electrons. The highest BCUT2D eigenvalue weighted by Crippen LogP contribution is 2.47. The van der Waals surface area contributed by atoms with Crippen molar-refractivity contribution in [2.75, 3.05) is 19.8 Å². The van der Waals surface area contributed by atoms with E-state index >= 15 is 0 Å². The van der Waals surface area contributed by atoms with Gasteiger partial charge in [0.05, 0.1) is 25.9 Å². The average Bonchev–Trinajstić information content (AvgIpc) is 3.06. The molecule has 0 spiro atoms. The smallest absolute Gasteiger partial charge is 0.371 e. The molecular formula is C10H19O6P. The van der Waals surface area contributed by atoms with Crippen LogP contribution < -0.4 is 0 Å². The van der Waals surface area contributed by atoms with Crippen LogP contribution in [-0.4, -0.2) is 43.0 Å². The van der Waals surface area contributed by atoms with Crippen molar-refractivity contribution in [2.45, 2.75) is 38.6 Å². The van der Waals surface area contributed by atoms with Crippen LogP contribution in [0, 0.1) is 5.92 Å². The zero-order chi connectivity index (χ0) is 12.5. The van der Waals surface area contributed by atoms with Crippen LogP contribution in [0.25, 0.3) is 0 Å². The van der Waals surface area contributed by atoms with Crippen molar-refractivity contribution in [3.63, 3.8) is 0 Å². The number of hydrogen-bond acceptors (Lipinski definition) is 5. The lowest BCUT2D eigenvalue weighted by Crippen LogP contribution is -2.21. The molecule has 2 aliphatic rings. The first-order valence-electron chi connectivity index (χ1n) is 5.85. The SMILES string of the molecule is CC(C)CC(OP(=O)(O)OCC1CO1)C1CO1. The Balaban J connectivity index is 1.79. The van der Waals surface area contributed by atoms with E-state index in [9.17, 15) is 9.46 Å². The first kappa shape index (κ1) is 13.5. The second-order valence-electron chi connectivity index (χ2n) is 4.86. The van der Waals surface area contributed by atoms with E-state index in [1.165, 1.54) is 0 Å². The Bertz CT molecular complexity index is 299. The molecule has 2 heterocycles. The van der Waals surface area contributed by atoms with Crippen LogP contribution in [-0.2, 0) is 23.1 Å². The van der Waals surface area contributed by atoms with Crippen LogP contribution in [0.3, 0.4) is 0 Å². The summed E-state index contributed by atoms with van der Waals surface area (Å²) in [5.41, 5.74) is 0. The summed E-state index contributed by atoms with van der Waals surface area (Å²) < 4.78 is 31.7. The Morgan fingerprint density at radius 1 is 1.41 bits per heavy atom. The normalized spacial score (nSPS) is 32.2. The summed E-state index contributed by atoms with van der Waals surface area (Å²) in [4.78, 5) is 9.55. The fourth-order valence-electron chi connectivity index (χ4n) is 1.54. The van der Waals surface area contributed by atoms with Gasteiger partial charge in [0, 0.05) is 0 Å². The molecule has 1 N–H and O–H groups in total. The van der Waals surface area contributed by atoms with Gasteiger partial charge in [0.2, 0.25) is 0 Å². The van der Waals surface area contributed by atoms with Gasteiger partial charge in [0.25, 0.3) is 0 Å². The molecule has 0 aromatic heterocycles. The topological polar surface area (TPSA) is 80.8 Å². The third-order valence-corrected chi connectivity index (χ3v) is 3.58. The standard InChI is InChI=1S/C10H19O6P/c1-7(2)3-9(10-6-14-10)16-17(11,12)15-5-8-4-13-8/h7-10H,3-6H2,1-2H3,(H,11,12). The first-order chi connectivity index (χ1) is 7.96. The fourth-order valence-corrected chi connectivity index (χ4v) is 2.52. The monoisotopic (exact) mass is 266 g/mol. The van der Waals surface area contributed by atoms with Crippen molar-refractivity contribution in [1.82, 2.24) is 0 Å². The molecule has 4 atom stereocenters. The predicted molar refractivity (Wildman–Crippen MR) is 59.6 cm³/mol. The Hall–Kier alpha value is 0.0300. The maximum absolute atomic E-state index is 11.7. The van der Waals surface area contributed by atoms with Gasteiger partial charge in [0.1, 0.15) is 12.2 Å². The van der Waals surface area contributed by atoms with Gasteiger partial charge in [-0.25, -0.2) is 4.57 Å². The maximum atomic E-state index is 11.7. The number of rotatable bonds is 8. The van der Waals surface area contributed by atoms with Gasteiger partial charge >= 0.3 is 7.82 Å². The van der Waals surface area contributed by atoms with Crippen molar-refractivity contribution < 1.29 is 28.0 Å². The van der Waals surface area contributed by atoms with E-state index in [1.807, 2.05) is 13.8 Å². The molecule has 100 valence electrons. The van der Waals surface area contributed by atoms with Crippen molar-refractivity contribution in [3.05, 3.63) is 0 Å². The van der Waals surface area contributed by atoms with E-state index in [0.717, 1.165) is 0 Å². The van der Waals surface area contributed by atoms with Gasteiger partial charge in [-0.05, 0) is 12.3 Å². The first-order valence-corrected chi connectivity index (χ1v) is 7.35. The van der Waals surface area contributed by atoms with E-state index in [0.29, 0.717) is 25.6 Å². The van der Waals surface area contributed by atoms with Gasteiger partial charge in [-0.3, -0.25) is 9.05 Å². The minimum atomic E-state index is -3.99. The van der Waals surface area contributed by atoms with Crippen LogP contribution in [0.15, 0.2) is 0 Å². The molecular weight excluding hydrogens is 247 g/mol. The maximum Gasteiger partial charge on any atom is 0.472 e. The van der Waals surface area contributed by atoms with Crippen molar-refractivity contribution >= 4 is 7.82 Å². The molecule has 0 aliphatic carbocycles. The number of ether oxygens (including phenoxy) is 2. The fraction of sp³-hybridized carbons (Fsp3) is 1.00. The third-order valence-electron chi connectivity index (χ3n) is 2.57. The summed E-state index contributed by atoms with van der Waals surface area (Å²) in [5.74, 6) is 0.371. The lowest BCUT2D eigenvalue weighted by Gasteiger charge is -2.20. The van der Waals surface area contributed by atoms with Gasteiger partial charge in [-0.1, -0.05) is 13.8 Å². The van der Waals surface area contributed by atoms with Crippen molar-refractivity contribution in [3.8, 4) is 0 Å². The Kier molecular flexibility index (Phi) is 4.23. The lowest BCUT2D eigenvalue weighted by molar-refractivity contribution is 0.0710. The molecule has 0 aromatic rings. The molecule has 2 aliphatic heterocycles. The van der Waals surface area contributed by atoms with Crippen LogP contribution in [0.4, 0.5) is 0 Å². The number of epoxide rings is 2. The second kappa shape index (κ2) is 5.34. The molecule has 2 fully saturated rings. The molecule has 0 bridgehead atoms. The summed E-state index contributed by atoms with van der Waals surface area (Å²) >= 11 is 0. The Morgan fingerprint density at radius 3 is 2.53 bits per heavy atom. The number of hydrogen-bond donors (Lipinski definition) is 1. The Morgan fingerprint density at radius 2 is 2.06 bits per heavy atom. The molecule has 17 heavy (non-hydrogen) atoms. The van der Waals surface area contributed by atoms with Gasteiger partial charge in [0.15, 0.2) is 0 Å². The average molecular weight is 266 g/mol. The molecule has 2 rings (SSSR count). The van der Waals surface area contributed by atoms with E-state index in [4.69, 9.17) is 18.5 Å². The van der Waals surface area contributed by atoms with Gasteiger partial charge < -0.3 is 14.4 Å². The van der Waals surface area contributed by atoms with E-state index in [1.54, 1.807) is 0 Å². The van der Waals surface area contributed by atoms with E-state index in [2.05, 4.69) is 0 Å². The molecule has 6 nitrogen and oxygen atoms in total. The number of phosphoric acid groups is 1. The van der Waals surface area contributed by atoms with Gasteiger partial charge in [-0.2, -0.15) is 0 Å². The Labute approximate surface area is 101 Å². The summed E-state index contributed by atoms with van der Waals surface area (Å²) in [6.45, 7) is 5.33. The van der Waals surface area contributed by atoms with Crippen molar-refractivity contribution in [1.29, 1.82) is 0 Å². The summed E-state index contributed by atoms with van der Waals surface area (Å²) in [7, 11) is -3.99. The summed E-state index contributed by atoms with van der Waals surface area (Å²) in [5, 5.41) is 0. The van der Waals surface area contributed by atoms with Crippen LogP contribution in [0.5, 0.6) is 0 Å². The molecule has 0 saturated carbocycles. The number of phosphoric ester groups is 1. The van der Waals surface area contributed by atoms with Gasteiger partial charge in [-0.15, -0.1) is 0 Å². The van der Waals surface area contributed by atoms with Crippen molar-refractivity contribution in [2.24, 2.45) is 5.92 Å². The second-order valence-corrected chi connectivity index (χ2v) is 6.27. The lowest BCUT2D eigenvalue weighted by atomic mass is 10.0. The van der Waals surface area contributed by atoms with Crippen LogP contribution in [0.1, 0.15) is 20.3 Å². The minimum absolute atomic E-state index is 0.0557. The molecule has 4 unspecified atom stereocenters. The van der Waals surface area contributed by atoms with Crippen LogP contribution >= 0.6 is 7.82 Å². The quantitative estimate of drug-likeness (QED) is 0.527. The zero-order valence-electron chi connectivity index (χ0n) is 10.1. The van der Waals surface area contributed by atoms with Crippen LogP contribution in [0.2, 0.25) is 0 Å². The largest absolute Gasteiger partial charge is 0.472 e. The summed E-state index contributed by atoms with van der Waals surface area (Å²) in [6, 6.07) is 0. The summed E-state index contributed by atoms with van der Waals surface area (Å²) in [6.07, 6.45) is 0.183. The minimum Gasteiger partial charge on any atom is -0.371 e. The highest BCUT2D eigenvalue weighted by Gasteiger charge is 2.40.